The van der Waals surface area contributed by atoms with Gasteiger partial charge in [0.05, 0.1) is 12.0 Å². The van der Waals surface area contributed by atoms with E-state index in [4.69, 9.17) is 0 Å². The SMILES string of the molecule is O=C(N1CC2CNCC2(CO)C1)C1(c2ccccc2)CCN(Cc2ccccc2)CC1. The Balaban J connectivity index is 1.37. The highest BCUT2D eigenvalue weighted by Gasteiger charge is 2.54. The fourth-order valence-corrected chi connectivity index (χ4v) is 6.02. The van der Waals surface area contributed by atoms with E-state index in [1.54, 1.807) is 0 Å². The first-order valence-corrected chi connectivity index (χ1v) is 11.6. The third-order valence-electron chi connectivity index (χ3n) is 7.98. The molecule has 3 heterocycles. The lowest BCUT2D eigenvalue weighted by molar-refractivity contribution is -0.139. The van der Waals surface area contributed by atoms with E-state index in [0.29, 0.717) is 12.5 Å². The maximum atomic E-state index is 14.1. The number of piperidine rings is 1. The fraction of sp³-hybridized carbons (Fsp3) is 0.500. The number of aliphatic hydroxyl groups is 1. The van der Waals surface area contributed by atoms with Crippen molar-refractivity contribution in [2.24, 2.45) is 11.3 Å². The average molecular weight is 420 g/mol. The van der Waals surface area contributed by atoms with Crippen LogP contribution in [0.5, 0.6) is 0 Å². The summed E-state index contributed by atoms with van der Waals surface area (Å²) in [6.45, 7) is 6.05. The maximum absolute atomic E-state index is 14.1. The van der Waals surface area contributed by atoms with Crippen LogP contribution in [0, 0.1) is 11.3 Å². The Labute approximate surface area is 185 Å². The van der Waals surface area contributed by atoms with Crippen LogP contribution >= 0.6 is 0 Å². The number of likely N-dealkylation sites (tertiary alicyclic amines) is 2. The summed E-state index contributed by atoms with van der Waals surface area (Å²) in [7, 11) is 0. The van der Waals surface area contributed by atoms with Crippen molar-refractivity contribution in [2.75, 3.05) is 45.9 Å². The van der Waals surface area contributed by atoms with Crippen LogP contribution in [-0.2, 0) is 16.8 Å². The summed E-state index contributed by atoms with van der Waals surface area (Å²) in [5.41, 5.74) is 1.84. The molecule has 3 fully saturated rings. The molecule has 0 radical (unpaired) electrons. The molecule has 2 aromatic carbocycles. The van der Waals surface area contributed by atoms with E-state index in [0.717, 1.165) is 57.7 Å². The lowest BCUT2D eigenvalue weighted by Gasteiger charge is -2.43. The van der Waals surface area contributed by atoms with Gasteiger partial charge in [-0.2, -0.15) is 0 Å². The Bertz CT molecular complexity index is 895. The van der Waals surface area contributed by atoms with Crippen molar-refractivity contribution < 1.29 is 9.90 Å². The van der Waals surface area contributed by atoms with E-state index in [1.807, 2.05) is 6.07 Å². The van der Waals surface area contributed by atoms with Crippen LogP contribution in [0.1, 0.15) is 24.0 Å². The molecule has 5 heteroatoms. The van der Waals surface area contributed by atoms with E-state index < -0.39 is 5.41 Å². The molecule has 2 unspecified atom stereocenters. The smallest absolute Gasteiger partial charge is 0.233 e. The third-order valence-corrected chi connectivity index (χ3v) is 7.98. The fourth-order valence-electron chi connectivity index (χ4n) is 6.02. The number of rotatable bonds is 5. The minimum atomic E-state index is -0.461. The number of nitrogens with one attached hydrogen (secondary N) is 1. The number of nitrogens with zero attached hydrogens (tertiary/aromatic N) is 2. The van der Waals surface area contributed by atoms with Gasteiger partial charge in [0.15, 0.2) is 0 Å². The molecule has 3 aliphatic heterocycles. The zero-order valence-corrected chi connectivity index (χ0v) is 18.2. The average Bonchev–Trinajstić information content (AvgIpc) is 3.38. The van der Waals surface area contributed by atoms with Gasteiger partial charge < -0.3 is 15.3 Å². The lowest BCUT2D eigenvalue weighted by atomic mass is 9.71. The zero-order valence-electron chi connectivity index (χ0n) is 18.2. The molecule has 0 spiro atoms. The molecule has 164 valence electrons. The van der Waals surface area contributed by atoms with Crippen molar-refractivity contribution in [3.05, 3.63) is 71.8 Å². The van der Waals surface area contributed by atoms with Gasteiger partial charge in [0, 0.05) is 38.1 Å². The third kappa shape index (κ3) is 3.69. The van der Waals surface area contributed by atoms with Crippen LogP contribution in [0.25, 0.3) is 0 Å². The number of benzene rings is 2. The molecule has 1 amide bonds. The van der Waals surface area contributed by atoms with E-state index in [1.165, 1.54) is 5.56 Å². The maximum Gasteiger partial charge on any atom is 0.233 e. The Hall–Kier alpha value is -2.21. The number of carbonyl (C=O) groups excluding carboxylic acids is 1. The monoisotopic (exact) mass is 419 g/mol. The number of amides is 1. The Morgan fingerprint density at radius 1 is 1.03 bits per heavy atom. The van der Waals surface area contributed by atoms with Crippen LogP contribution in [0.3, 0.4) is 0 Å². The summed E-state index contributed by atoms with van der Waals surface area (Å²) >= 11 is 0. The largest absolute Gasteiger partial charge is 0.396 e. The summed E-state index contributed by atoms with van der Waals surface area (Å²) in [4.78, 5) is 18.6. The molecule has 2 aromatic rings. The van der Waals surface area contributed by atoms with Crippen molar-refractivity contribution in [1.29, 1.82) is 0 Å². The molecule has 3 aliphatic rings. The highest BCUT2D eigenvalue weighted by molar-refractivity contribution is 5.89. The lowest BCUT2D eigenvalue weighted by Crippen LogP contribution is -2.53. The Morgan fingerprint density at radius 2 is 1.71 bits per heavy atom. The molecule has 5 nitrogen and oxygen atoms in total. The van der Waals surface area contributed by atoms with Gasteiger partial charge in [0.1, 0.15) is 0 Å². The highest BCUT2D eigenvalue weighted by atomic mass is 16.3. The molecule has 5 rings (SSSR count). The number of carbonyl (C=O) groups is 1. The molecular weight excluding hydrogens is 386 g/mol. The normalized spacial score (nSPS) is 27.9. The van der Waals surface area contributed by atoms with Crippen LogP contribution in [-0.4, -0.2) is 66.7 Å². The van der Waals surface area contributed by atoms with E-state index in [2.05, 4.69) is 69.7 Å². The second kappa shape index (κ2) is 8.38. The van der Waals surface area contributed by atoms with Crippen LogP contribution in [0.4, 0.5) is 0 Å². The number of hydrogen-bond donors (Lipinski definition) is 2. The van der Waals surface area contributed by atoms with E-state index in [-0.39, 0.29) is 17.9 Å². The molecule has 3 saturated heterocycles. The van der Waals surface area contributed by atoms with Gasteiger partial charge in [-0.1, -0.05) is 60.7 Å². The molecule has 2 N–H and O–H groups in total. The summed E-state index contributed by atoms with van der Waals surface area (Å²) in [6.07, 6.45) is 1.68. The van der Waals surface area contributed by atoms with E-state index in [9.17, 15) is 9.90 Å². The van der Waals surface area contributed by atoms with Crippen molar-refractivity contribution in [3.8, 4) is 0 Å². The minimum Gasteiger partial charge on any atom is -0.396 e. The second-order valence-electron chi connectivity index (χ2n) is 9.74. The number of hydrogen-bond acceptors (Lipinski definition) is 4. The van der Waals surface area contributed by atoms with Crippen LogP contribution < -0.4 is 5.32 Å². The van der Waals surface area contributed by atoms with Gasteiger partial charge in [0.25, 0.3) is 0 Å². The molecule has 31 heavy (non-hydrogen) atoms. The quantitative estimate of drug-likeness (QED) is 0.781. The van der Waals surface area contributed by atoms with Gasteiger partial charge >= 0.3 is 0 Å². The molecule has 0 bridgehead atoms. The first kappa shape index (κ1) is 20.7. The summed E-state index contributed by atoms with van der Waals surface area (Å²) < 4.78 is 0. The molecular formula is C26H33N3O2. The van der Waals surface area contributed by atoms with Crippen molar-refractivity contribution >= 4 is 5.91 Å². The summed E-state index contributed by atoms with van der Waals surface area (Å²) in [5, 5.41) is 13.5. The van der Waals surface area contributed by atoms with Crippen molar-refractivity contribution in [2.45, 2.75) is 24.8 Å². The molecule has 2 atom stereocenters. The predicted molar refractivity (Wildman–Crippen MR) is 122 cm³/mol. The second-order valence-corrected chi connectivity index (χ2v) is 9.74. The van der Waals surface area contributed by atoms with E-state index >= 15 is 0 Å². The van der Waals surface area contributed by atoms with Gasteiger partial charge in [0.2, 0.25) is 5.91 Å². The molecule has 0 saturated carbocycles. The highest BCUT2D eigenvalue weighted by Crippen LogP contribution is 2.43. The summed E-state index contributed by atoms with van der Waals surface area (Å²) in [5.74, 6) is 0.618. The standard InChI is InChI=1S/C26H33N3O2/c30-20-25-18-27-15-23(25)17-29(19-25)24(31)26(22-9-5-2-6-10-22)11-13-28(14-12-26)16-21-7-3-1-4-8-21/h1-10,23,27,30H,11-20H2. The van der Waals surface area contributed by atoms with Crippen molar-refractivity contribution in [3.63, 3.8) is 0 Å². The first-order valence-electron chi connectivity index (χ1n) is 11.6. The molecule has 0 aliphatic carbocycles. The Kier molecular flexibility index (Phi) is 5.59. The number of aliphatic hydroxyl groups excluding tert-OH is 1. The van der Waals surface area contributed by atoms with Crippen LogP contribution in [0.2, 0.25) is 0 Å². The van der Waals surface area contributed by atoms with Gasteiger partial charge in [-0.25, -0.2) is 0 Å². The van der Waals surface area contributed by atoms with Crippen molar-refractivity contribution in [1.82, 2.24) is 15.1 Å². The first-order chi connectivity index (χ1) is 15.2. The summed E-state index contributed by atoms with van der Waals surface area (Å²) in [6, 6.07) is 21.0. The topological polar surface area (TPSA) is 55.8 Å². The van der Waals surface area contributed by atoms with Crippen LogP contribution in [0.15, 0.2) is 60.7 Å². The van der Waals surface area contributed by atoms with Gasteiger partial charge in [-0.3, -0.25) is 9.69 Å². The zero-order chi connectivity index (χ0) is 21.3. The Morgan fingerprint density at radius 3 is 2.35 bits per heavy atom. The van der Waals surface area contributed by atoms with Gasteiger partial charge in [-0.15, -0.1) is 0 Å². The minimum absolute atomic E-state index is 0.150. The molecule has 0 aromatic heterocycles. The van der Waals surface area contributed by atoms with Gasteiger partial charge in [-0.05, 0) is 43.0 Å². The number of fused-ring (bicyclic) bond motifs is 1. The predicted octanol–water partition coefficient (Wildman–Crippen LogP) is 2.26.